The van der Waals surface area contributed by atoms with Gasteiger partial charge in [0.25, 0.3) is 0 Å². The number of nitrogens with zero attached hydrogens (tertiary/aromatic N) is 1. The number of fused-ring (bicyclic) bond motifs is 2. The van der Waals surface area contributed by atoms with Gasteiger partial charge in [-0.15, -0.1) is 0 Å². The number of carbonyl (C=O) groups excluding carboxylic acids is 1. The van der Waals surface area contributed by atoms with Gasteiger partial charge in [-0.05, 0) is 43.2 Å². The van der Waals surface area contributed by atoms with Crippen LogP contribution in [0.15, 0.2) is 66.0 Å². The summed E-state index contributed by atoms with van der Waals surface area (Å²) in [5, 5.41) is 15.5. The van der Waals surface area contributed by atoms with Crippen LogP contribution in [0.1, 0.15) is 44.7 Å². The van der Waals surface area contributed by atoms with Crippen LogP contribution in [-0.4, -0.2) is 35.4 Å². The van der Waals surface area contributed by atoms with Crippen LogP contribution in [0.3, 0.4) is 0 Å². The first-order chi connectivity index (χ1) is 16.0. The number of rotatable bonds is 7. The van der Waals surface area contributed by atoms with Crippen molar-refractivity contribution < 1.29 is 19.4 Å². The molecule has 0 bridgehead atoms. The average Bonchev–Trinajstić information content (AvgIpc) is 2.82. The summed E-state index contributed by atoms with van der Waals surface area (Å²) in [6.07, 6.45) is 1.60. The van der Waals surface area contributed by atoms with Crippen molar-refractivity contribution in [2.24, 2.45) is 5.92 Å². The van der Waals surface area contributed by atoms with Crippen molar-refractivity contribution in [3.05, 3.63) is 77.1 Å². The van der Waals surface area contributed by atoms with E-state index in [1.807, 2.05) is 51.1 Å². The highest BCUT2D eigenvalue weighted by atomic mass is 16.5. The maximum Gasteiger partial charge on any atom is 0.336 e. The number of anilines is 1. The van der Waals surface area contributed by atoms with Gasteiger partial charge in [-0.2, -0.15) is 0 Å². The normalized spacial score (nSPS) is 16.4. The fourth-order valence-corrected chi connectivity index (χ4v) is 4.40. The summed E-state index contributed by atoms with van der Waals surface area (Å²) in [6, 6.07) is 16.1. The van der Waals surface area contributed by atoms with E-state index in [1.165, 1.54) is 0 Å². The molecule has 33 heavy (non-hydrogen) atoms. The summed E-state index contributed by atoms with van der Waals surface area (Å²) in [4.78, 5) is 18.0. The summed E-state index contributed by atoms with van der Waals surface area (Å²) in [6.45, 7) is 7.72. The van der Waals surface area contributed by atoms with Gasteiger partial charge in [-0.3, -0.25) is 0 Å². The van der Waals surface area contributed by atoms with Crippen molar-refractivity contribution in [1.29, 1.82) is 0 Å². The van der Waals surface area contributed by atoms with Gasteiger partial charge >= 0.3 is 5.97 Å². The SMILES string of the molecule is CCOC(=O)C1=C(C(C)CO)Nc2ccnc(OC(C)C)c2C1c1cccc2ccccc12. The maximum absolute atomic E-state index is 13.4. The van der Waals surface area contributed by atoms with Crippen LogP contribution >= 0.6 is 0 Å². The monoisotopic (exact) mass is 446 g/mol. The van der Waals surface area contributed by atoms with Crippen LogP contribution in [-0.2, 0) is 9.53 Å². The molecular formula is C27H30N2O4. The summed E-state index contributed by atoms with van der Waals surface area (Å²) in [7, 11) is 0. The van der Waals surface area contributed by atoms with Crippen LogP contribution in [0, 0.1) is 5.92 Å². The van der Waals surface area contributed by atoms with Crippen LogP contribution in [0.25, 0.3) is 10.8 Å². The molecule has 0 aliphatic carbocycles. The fourth-order valence-electron chi connectivity index (χ4n) is 4.40. The lowest BCUT2D eigenvalue weighted by Crippen LogP contribution is -2.30. The number of carbonyl (C=O) groups is 1. The van der Waals surface area contributed by atoms with E-state index >= 15 is 0 Å². The van der Waals surface area contributed by atoms with E-state index in [9.17, 15) is 9.90 Å². The van der Waals surface area contributed by atoms with E-state index in [0.29, 0.717) is 17.2 Å². The zero-order valence-electron chi connectivity index (χ0n) is 19.5. The van der Waals surface area contributed by atoms with E-state index in [4.69, 9.17) is 9.47 Å². The molecule has 0 radical (unpaired) electrons. The van der Waals surface area contributed by atoms with Crippen molar-refractivity contribution in [1.82, 2.24) is 4.98 Å². The van der Waals surface area contributed by atoms with Crippen LogP contribution in [0.4, 0.5) is 5.69 Å². The molecule has 4 rings (SSSR count). The van der Waals surface area contributed by atoms with Crippen LogP contribution in [0.5, 0.6) is 5.88 Å². The molecule has 6 nitrogen and oxygen atoms in total. The number of hydrogen-bond acceptors (Lipinski definition) is 6. The van der Waals surface area contributed by atoms with Crippen molar-refractivity contribution in [3.63, 3.8) is 0 Å². The Labute approximate surface area is 194 Å². The number of hydrogen-bond donors (Lipinski definition) is 2. The second kappa shape index (κ2) is 9.63. The Hall–Kier alpha value is -3.38. The number of ether oxygens (including phenoxy) is 2. The molecule has 2 aromatic carbocycles. The topological polar surface area (TPSA) is 80.7 Å². The van der Waals surface area contributed by atoms with E-state index < -0.39 is 11.9 Å². The Morgan fingerprint density at radius 1 is 1.12 bits per heavy atom. The Balaban J connectivity index is 2.07. The van der Waals surface area contributed by atoms with Gasteiger partial charge in [0.15, 0.2) is 0 Å². The molecule has 6 heteroatoms. The van der Waals surface area contributed by atoms with Crippen molar-refractivity contribution in [3.8, 4) is 5.88 Å². The molecule has 2 unspecified atom stereocenters. The number of pyridine rings is 1. The lowest BCUT2D eigenvalue weighted by atomic mass is 9.77. The Bertz CT molecular complexity index is 1200. The third-order valence-corrected chi connectivity index (χ3v) is 5.83. The quantitative estimate of drug-likeness (QED) is 0.496. The molecule has 172 valence electrons. The lowest BCUT2D eigenvalue weighted by molar-refractivity contribution is -0.138. The standard InChI is InChI=1S/C27H30N2O4/c1-5-32-27(31)24-22(20-12-8-10-18-9-6-7-11-19(18)20)23-21(29-25(24)17(4)15-30)13-14-28-26(23)33-16(2)3/h6-14,16-17,22,29-30H,5,15H2,1-4H3. The number of aliphatic hydroxyl groups is 1. The zero-order chi connectivity index (χ0) is 23.5. The van der Waals surface area contributed by atoms with E-state index in [2.05, 4.69) is 28.5 Å². The number of aromatic nitrogens is 1. The fraction of sp³-hybridized carbons (Fsp3) is 0.333. The first kappa shape index (κ1) is 22.8. The zero-order valence-corrected chi connectivity index (χ0v) is 19.5. The minimum absolute atomic E-state index is 0.0926. The first-order valence-corrected chi connectivity index (χ1v) is 11.4. The second-order valence-electron chi connectivity index (χ2n) is 8.50. The molecule has 2 atom stereocenters. The van der Waals surface area contributed by atoms with Gasteiger partial charge in [0.2, 0.25) is 5.88 Å². The molecule has 0 fully saturated rings. The van der Waals surface area contributed by atoms with E-state index in [-0.39, 0.29) is 25.2 Å². The second-order valence-corrected chi connectivity index (χ2v) is 8.50. The predicted molar refractivity (Wildman–Crippen MR) is 129 cm³/mol. The highest BCUT2D eigenvalue weighted by Gasteiger charge is 2.39. The molecule has 0 amide bonds. The third kappa shape index (κ3) is 4.31. The molecule has 0 saturated carbocycles. The van der Waals surface area contributed by atoms with Crippen molar-refractivity contribution >= 4 is 22.4 Å². The molecule has 3 aromatic rings. The van der Waals surface area contributed by atoms with Crippen LogP contribution < -0.4 is 10.1 Å². The van der Waals surface area contributed by atoms with Gasteiger partial charge in [-0.1, -0.05) is 49.4 Å². The summed E-state index contributed by atoms with van der Waals surface area (Å²) < 4.78 is 11.6. The van der Waals surface area contributed by atoms with Gasteiger partial charge < -0.3 is 19.9 Å². The molecule has 0 spiro atoms. The molecular weight excluding hydrogens is 416 g/mol. The van der Waals surface area contributed by atoms with Crippen LogP contribution in [0.2, 0.25) is 0 Å². The van der Waals surface area contributed by atoms with E-state index in [0.717, 1.165) is 27.6 Å². The Kier molecular flexibility index (Phi) is 6.65. The largest absolute Gasteiger partial charge is 0.475 e. The highest BCUT2D eigenvalue weighted by Crippen LogP contribution is 2.48. The predicted octanol–water partition coefficient (Wildman–Crippen LogP) is 5.03. The number of esters is 1. The average molecular weight is 447 g/mol. The molecule has 2 N–H and O–H groups in total. The summed E-state index contributed by atoms with van der Waals surface area (Å²) >= 11 is 0. The summed E-state index contributed by atoms with van der Waals surface area (Å²) in [5.41, 5.74) is 3.69. The molecule has 2 heterocycles. The first-order valence-electron chi connectivity index (χ1n) is 11.4. The Morgan fingerprint density at radius 3 is 2.61 bits per heavy atom. The van der Waals surface area contributed by atoms with Gasteiger partial charge in [0.1, 0.15) is 0 Å². The smallest absolute Gasteiger partial charge is 0.336 e. The number of nitrogens with one attached hydrogen (secondary N) is 1. The minimum Gasteiger partial charge on any atom is -0.475 e. The van der Waals surface area contributed by atoms with Gasteiger partial charge in [0.05, 0.1) is 30.8 Å². The third-order valence-electron chi connectivity index (χ3n) is 5.83. The summed E-state index contributed by atoms with van der Waals surface area (Å²) in [5.74, 6) is -0.704. The van der Waals surface area contributed by atoms with Crippen molar-refractivity contribution in [2.45, 2.75) is 39.7 Å². The Morgan fingerprint density at radius 2 is 1.88 bits per heavy atom. The lowest BCUT2D eigenvalue weighted by Gasteiger charge is -2.34. The molecule has 1 aromatic heterocycles. The maximum atomic E-state index is 13.4. The number of aliphatic hydroxyl groups excluding tert-OH is 1. The highest BCUT2D eigenvalue weighted by molar-refractivity contribution is 5.98. The number of benzene rings is 2. The molecule has 1 aliphatic heterocycles. The van der Waals surface area contributed by atoms with Gasteiger partial charge in [0, 0.05) is 29.1 Å². The van der Waals surface area contributed by atoms with Gasteiger partial charge in [-0.25, -0.2) is 9.78 Å². The minimum atomic E-state index is -0.474. The van der Waals surface area contributed by atoms with Crippen molar-refractivity contribution in [2.75, 3.05) is 18.5 Å². The van der Waals surface area contributed by atoms with E-state index in [1.54, 1.807) is 13.1 Å². The molecule has 1 aliphatic rings. The molecule has 0 saturated heterocycles.